The Balaban J connectivity index is 3.70. The van der Waals surface area contributed by atoms with E-state index in [1.165, 1.54) is 77.0 Å². The third-order valence-corrected chi connectivity index (χ3v) is 8.44. The van der Waals surface area contributed by atoms with E-state index in [0.717, 1.165) is 83.5 Å². The summed E-state index contributed by atoms with van der Waals surface area (Å²) in [6.45, 7) is 4.33. The molecule has 0 saturated carbocycles. The zero-order valence-corrected chi connectivity index (χ0v) is 31.3. The van der Waals surface area contributed by atoms with Crippen molar-refractivity contribution in [3.8, 4) is 0 Å². The highest BCUT2D eigenvalue weighted by atomic mass is 16.5. The van der Waals surface area contributed by atoms with Gasteiger partial charge in [0.2, 0.25) is 0 Å². The van der Waals surface area contributed by atoms with Crippen LogP contribution in [0.2, 0.25) is 0 Å². The molecule has 0 heterocycles. The second kappa shape index (κ2) is 38.8. The third kappa shape index (κ3) is 37.8. The van der Waals surface area contributed by atoms with Gasteiger partial charge in [0.15, 0.2) is 0 Å². The fourth-order valence-corrected chi connectivity index (χ4v) is 5.62. The molecule has 0 bridgehead atoms. The molecular weight excluding hydrogens is 592 g/mol. The van der Waals surface area contributed by atoms with Crippen LogP contribution < -0.4 is 0 Å². The molecule has 48 heavy (non-hydrogen) atoms. The van der Waals surface area contributed by atoms with Gasteiger partial charge in [-0.25, -0.2) is 0 Å². The van der Waals surface area contributed by atoms with Crippen molar-refractivity contribution >= 4 is 11.9 Å². The molecule has 0 amide bonds. The van der Waals surface area contributed by atoms with E-state index >= 15 is 0 Å². The number of ether oxygens (including phenoxy) is 1. The lowest BCUT2D eigenvalue weighted by atomic mass is 10.0. The number of aliphatic carboxylic acids is 1. The van der Waals surface area contributed by atoms with Crippen LogP contribution in [0, 0.1) is 0 Å². The number of allylic oxidation sites excluding steroid dienone is 12. The SMILES string of the molecule is CC/C=C\C/C=C\C/C=C\C/C=C\C/C=C\C/C=C\CCC(=O)OC(CCC)CCCCCCCCCCCCCCCCCC(=O)O. The van der Waals surface area contributed by atoms with Crippen LogP contribution in [0.3, 0.4) is 0 Å². The van der Waals surface area contributed by atoms with E-state index in [1.54, 1.807) is 0 Å². The summed E-state index contributed by atoms with van der Waals surface area (Å²) in [5.41, 5.74) is 0. The number of hydrogen-bond donors (Lipinski definition) is 1. The van der Waals surface area contributed by atoms with E-state index in [9.17, 15) is 9.59 Å². The van der Waals surface area contributed by atoms with Gasteiger partial charge in [0.05, 0.1) is 0 Å². The highest BCUT2D eigenvalue weighted by molar-refractivity contribution is 5.69. The van der Waals surface area contributed by atoms with Crippen LogP contribution in [0.5, 0.6) is 0 Å². The van der Waals surface area contributed by atoms with Gasteiger partial charge in [-0.1, -0.05) is 177 Å². The zero-order valence-electron chi connectivity index (χ0n) is 31.3. The molecule has 4 heteroatoms. The average molecular weight is 667 g/mol. The Morgan fingerprint density at radius 3 is 1.25 bits per heavy atom. The van der Waals surface area contributed by atoms with Crippen LogP contribution in [0.15, 0.2) is 72.9 Å². The van der Waals surface area contributed by atoms with Crippen LogP contribution in [0.4, 0.5) is 0 Å². The predicted molar refractivity (Wildman–Crippen MR) is 208 cm³/mol. The molecule has 4 nitrogen and oxygen atoms in total. The largest absolute Gasteiger partial charge is 0.481 e. The Labute approximate surface area is 297 Å². The molecule has 274 valence electrons. The minimum Gasteiger partial charge on any atom is -0.481 e. The smallest absolute Gasteiger partial charge is 0.306 e. The van der Waals surface area contributed by atoms with Gasteiger partial charge in [0, 0.05) is 12.8 Å². The molecule has 0 radical (unpaired) electrons. The standard InChI is InChI=1S/C44H74O4/c1-3-5-6-7-8-9-10-11-12-13-14-15-19-22-25-28-31-34-37-41-44(47)48-42(38-4-2)39-35-32-29-26-23-20-17-16-18-21-24-27-30-33-36-40-43(45)46/h5-6,8-9,11-12,14-15,22,25,31,34,42H,3-4,7,10,13,16-21,23-24,26-30,32-33,35-41H2,1-2H3,(H,45,46)/b6-5-,9-8-,12-11-,15-14-,25-22-,34-31-. The second-order valence-electron chi connectivity index (χ2n) is 13.1. The van der Waals surface area contributed by atoms with E-state index in [1.807, 2.05) is 0 Å². The van der Waals surface area contributed by atoms with Crippen LogP contribution in [-0.2, 0) is 14.3 Å². The van der Waals surface area contributed by atoms with Gasteiger partial charge in [-0.15, -0.1) is 0 Å². The molecule has 0 aromatic heterocycles. The summed E-state index contributed by atoms with van der Waals surface area (Å²) in [5, 5.41) is 8.66. The van der Waals surface area contributed by atoms with Gasteiger partial charge in [-0.2, -0.15) is 0 Å². The molecule has 0 aromatic rings. The predicted octanol–water partition coefficient (Wildman–Crippen LogP) is 13.9. The van der Waals surface area contributed by atoms with Crippen molar-refractivity contribution in [3.05, 3.63) is 72.9 Å². The Morgan fingerprint density at radius 2 is 0.854 bits per heavy atom. The lowest BCUT2D eigenvalue weighted by Crippen LogP contribution is -2.18. The average Bonchev–Trinajstić information content (AvgIpc) is 3.07. The van der Waals surface area contributed by atoms with Gasteiger partial charge < -0.3 is 9.84 Å². The molecular formula is C44H74O4. The number of rotatable bonds is 35. The van der Waals surface area contributed by atoms with Crippen LogP contribution in [-0.4, -0.2) is 23.1 Å². The summed E-state index contributed by atoms with van der Waals surface area (Å²) in [5.74, 6) is -0.721. The van der Waals surface area contributed by atoms with Crippen LogP contribution in [0.1, 0.15) is 187 Å². The Hall–Kier alpha value is -2.62. The molecule has 0 aliphatic rings. The lowest BCUT2D eigenvalue weighted by Gasteiger charge is -2.17. The van der Waals surface area contributed by atoms with Gasteiger partial charge in [0.25, 0.3) is 0 Å². The topological polar surface area (TPSA) is 63.6 Å². The van der Waals surface area contributed by atoms with E-state index in [2.05, 4.69) is 86.8 Å². The number of carbonyl (C=O) groups excluding carboxylic acids is 1. The first-order valence-electron chi connectivity index (χ1n) is 19.9. The summed E-state index contributed by atoms with van der Waals surface area (Å²) in [6.07, 6.45) is 55.7. The number of unbranched alkanes of at least 4 members (excludes halogenated alkanes) is 14. The minimum absolute atomic E-state index is 0.0521. The molecule has 0 spiro atoms. The third-order valence-electron chi connectivity index (χ3n) is 8.44. The van der Waals surface area contributed by atoms with Gasteiger partial charge >= 0.3 is 11.9 Å². The maximum atomic E-state index is 12.4. The Morgan fingerprint density at radius 1 is 0.479 bits per heavy atom. The molecule has 1 N–H and O–H groups in total. The summed E-state index contributed by atoms with van der Waals surface area (Å²) < 4.78 is 5.83. The quantitative estimate of drug-likeness (QED) is 0.0415. The zero-order chi connectivity index (χ0) is 35.0. The maximum absolute atomic E-state index is 12.4. The highest BCUT2D eigenvalue weighted by Crippen LogP contribution is 2.17. The maximum Gasteiger partial charge on any atom is 0.306 e. The van der Waals surface area contributed by atoms with E-state index < -0.39 is 5.97 Å². The lowest BCUT2D eigenvalue weighted by molar-refractivity contribution is -0.149. The molecule has 1 unspecified atom stereocenters. The molecule has 0 saturated heterocycles. The van der Waals surface area contributed by atoms with E-state index in [-0.39, 0.29) is 12.1 Å². The number of hydrogen-bond acceptors (Lipinski definition) is 3. The first-order chi connectivity index (χ1) is 23.6. The summed E-state index contributed by atoms with van der Waals surface area (Å²) in [4.78, 5) is 22.9. The number of carboxylic acids is 1. The van der Waals surface area contributed by atoms with Crippen molar-refractivity contribution in [3.63, 3.8) is 0 Å². The van der Waals surface area contributed by atoms with E-state index in [0.29, 0.717) is 12.8 Å². The summed E-state index contributed by atoms with van der Waals surface area (Å²) in [7, 11) is 0. The monoisotopic (exact) mass is 667 g/mol. The number of carbonyl (C=O) groups is 2. The Kier molecular flexibility index (Phi) is 36.7. The number of carboxylic acid groups (broad SMARTS) is 1. The summed E-state index contributed by atoms with van der Waals surface area (Å²) >= 11 is 0. The van der Waals surface area contributed by atoms with Crippen molar-refractivity contribution < 1.29 is 19.4 Å². The van der Waals surface area contributed by atoms with Crippen molar-refractivity contribution in [2.75, 3.05) is 0 Å². The first kappa shape index (κ1) is 45.4. The van der Waals surface area contributed by atoms with Crippen molar-refractivity contribution in [2.45, 2.75) is 193 Å². The van der Waals surface area contributed by atoms with Crippen molar-refractivity contribution in [2.24, 2.45) is 0 Å². The van der Waals surface area contributed by atoms with Gasteiger partial charge in [-0.3, -0.25) is 9.59 Å². The van der Waals surface area contributed by atoms with E-state index in [4.69, 9.17) is 9.84 Å². The fourth-order valence-electron chi connectivity index (χ4n) is 5.62. The normalized spacial score (nSPS) is 13.0. The number of esters is 1. The first-order valence-corrected chi connectivity index (χ1v) is 19.9. The van der Waals surface area contributed by atoms with Gasteiger partial charge in [-0.05, 0) is 70.6 Å². The fraction of sp³-hybridized carbons (Fsp3) is 0.682. The molecule has 0 rings (SSSR count). The van der Waals surface area contributed by atoms with Crippen LogP contribution >= 0.6 is 0 Å². The molecule has 0 fully saturated rings. The minimum atomic E-state index is -0.669. The van der Waals surface area contributed by atoms with Crippen molar-refractivity contribution in [1.82, 2.24) is 0 Å². The van der Waals surface area contributed by atoms with Crippen molar-refractivity contribution in [1.29, 1.82) is 0 Å². The molecule has 0 aliphatic heterocycles. The van der Waals surface area contributed by atoms with Crippen LogP contribution in [0.25, 0.3) is 0 Å². The molecule has 0 aromatic carbocycles. The van der Waals surface area contributed by atoms with Gasteiger partial charge in [0.1, 0.15) is 6.10 Å². The second-order valence-corrected chi connectivity index (χ2v) is 13.1. The molecule has 0 aliphatic carbocycles. The highest BCUT2D eigenvalue weighted by Gasteiger charge is 2.13. The Bertz CT molecular complexity index is 892. The molecule has 1 atom stereocenters. The summed E-state index contributed by atoms with van der Waals surface area (Å²) in [6, 6.07) is 0.